The first-order valence-corrected chi connectivity index (χ1v) is 3.39. The molecule has 0 saturated heterocycles. The highest BCUT2D eigenvalue weighted by Crippen LogP contribution is 2.15. The molecular weight excluding hydrogens is 146 g/mol. The van der Waals surface area contributed by atoms with Crippen molar-refractivity contribution in [1.29, 1.82) is 0 Å². The predicted octanol–water partition coefficient (Wildman–Crippen LogP) is 1.77. The van der Waals surface area contributed by atoms with E-state index in [2.05, 4.69) is 0 Å². The van der Waals surface area contributed by atoms with E-state index >= 15 is 0 Å². The zero-order valence-corrected chi connectivity index (χ0v) is 6.77. The van der Waals surface area contributed by atoms with Crippen molar-refractivity contribution in [2.45, 2.75) is 6.92 Å². The molecule has 54 valence electrons. The topological polar surface area (TPSA) is 25.2 Å². The van der Waals surface area contributed by atoms with E-state index in [1.54, 1.807) is 4.57 Å². The van der Waals surface area contributed by atoms with Crippen molar-refractivity contribution in [3.8, 4) is 5.75 Å². The number of aryl methyl sites for hydroxylation is 2. The molecule has 0 atom stereocenters. The lowest BCUT2D eigenvalue weighted by atomic mass is 10.3. The lowest BCUT2D eigenvalue weighted by Gasteiger charge is -2.01. The Morgan fingerprint density at radius 3 is 2.70 bits per heavy atom. The molecule has 3 heteroatoms. The minimum Gasteiger partial charge on any atom is -0.505 e. The number of aromatic hydroxyl groups is 1. The van der Waals surface area contributed by atoms with E-state index in [4.69, 9.17) is 12.2 Å². The van der Waals surface area contributed by atoms with Gasteiger partial charge in [-0.1, -0.05) is 12.2 Å². The second kappa shape index (κ2) is 2.42. The van der Waals surface area contributed by atoms with Gasteiger partial charge in [-0.15, -0.1) is 0 Å². The zero-order chi connectivity index (χ0) is 7.72. The van der Waals surface area contributed by atoms with E-state index < -0.39 is 0 Å². The summed E-state index contributed by atoms with van der Waals surface area (Å²) < 4.78 is 2.19. The highest BCUT2D eigenvalue weighted by atomic mass is 32.1. The van der Waals surface area contributed by atoms with Gasteiger partial charge in [-0.05, 0) is 18.6 Å². The molecule has 0 spiro atoms. The van der Waals surface area contributed by atoms with E-state index in [9.17, 15) is 5.11 Å². The summed E-state index contributed by atoms with van der Waals surface area (Å²) in [6, 6.07) is 1.82. The third-order valence-electron chi connectivity index (χ3n) is 1.44. The highest BCUT2D eigenvalue weighted by Gasteiger charge is 1.96. The van der Waals surface area contributed by atoms with Crippen molar-refractivity contribution in [3.63, 3.8) is 0 Å². The van der Waals surface area contributed by atoms with Gasteiger partial charge in [0.25, 0.3) is 0 Å². The zero-order valence-electron chi connectivity index (χ0n) is 5.96. The van der Waals surface area contributed by atoms with Gasteiger partial charge in [0, 0.05) is 13.2 Å². The lowest BCUT2D eigenvalue weighted by molar-refractivity contribution is 0.461. The number of pyridine rings is 1. The summed E-state index contributed by atoms with van der Waals surface area (Å²) in [6.45, 7) is 1.82. The second-order valence-electron chi connectivity index (χ2n) is 2.26. The molecule has 0 aliphatic heterocycles. The highest BCUT2D eigenvalue weighted by molar-refractivity contribution is 7.71. The molecule has 1 rings (SSSR count). The average molecular weight is 155 g/mol. The molecule has 0 aromatic carbocycles. The molecule has 0 aliphatic carbocycles. The normalized spacial score (nSPS) is 9.80. The molecule has 1 N–H and O–H groups in total. The lowest BCUT2D eigenvalue weighted by Crippen LogP contribution is -1.91. The minimum absolute atomic E-state index is 0.208. The average Bonchev–Trinajstić information content (AvgIpc) is 1.93. The third-order valence-corrected chi connectivity index (χ3v) is 1.93. The predicted molar refractivity (Wildman–Crippen MR) is 42.6 cm³/mol. The van der Waals surface area contributed by atoms with Crippen LogP contribution in [0.25, 0.3) is 0 Å². The van der Waals surface area contributed by atoms with Crippen LogP contribution in [0, 0.1) is 11.6 Å². The fraction of sp³-hybridized carbons (Fsp3) is 0.286. The fourth-order valence-corrected chi connectivity index (χ4v) is 0.928. The summed E-state index contributed by atoms with van der Waals surface area (Å²) in [4.78, 5) is 0. The first-order chi connectivity index (χ1) is 4.63. The quantitative estimate of drug-likeness (QED) is 0.577. The Morgan fingerprint density at radius 1 is 1.60 bits per heavy atom. The van der Waals surface area contributed by atoms with Gasteiger partial charge in [0.2, 0.25) is 0 Å². The summed E-state index contributed by atoms with van der Waals surface area (Å²) in [6.07, 6.45) is 1.83. The van der Waals surface area contributed by atoms with Gasteiger partial charge in [-0.3, -0.25) is 0 Å². The van der Waals surface area contributed by atoms with Gasteiger partial charge in [0.15, 0.2) is 5.75 Å². The van der Waals surface area contributed by atoms with E-state index in [1.807, 2.05) is 26.2 Å². The van der Waals surface area contributed by atoms with Gasteiger partial charge >= 0.3 is 0 Å². The number of nitrogens with zero attached hydrogens (tertiary/aromatic N) is 1. The maximum Gasteiger partial charge on any atom is 0.153 e. The molecule has 0 bridgehead atoms. The summed E-state index contributed by atoms with van der Waals surface area (Å²) in [7, 11) is 1.81. The summed E-state index contributed by atoms with van der Waals surface area (Å²) in [5.41, 5.74) is 0.822. The van der Waals surface area contributed by atoms with Crippen molar-refractivity contribution in [2.75, 3.05) is 0 Å². The first kappa shape index (κ1) is 7.28. The summed E-state index contributed by atoms with van der Waals surface area (Å²) in [5.74, 6) is 0.208. The molecule has 0 saturated carbocycles. The molecule has 0 amide bonds. The molecule has 0 fully saturated rings. The molecule has 0 aliphatic rings. The Morgan fingerprint density at radius 2 is 2.20 bits per heavy atom. The van der Waals surface area contributed by atoms with Crippen LogP contribution in [-0.4, -0.2) is 9.67 Å². The van der Waals surface area contributed by atoms with Gasteiger partial charge in [-0.25, -0.2) is 0 Å². The van der Waals surface area contributed by atoms with Crippen LogP contribution in [-0.2, 0) is 7.05 Å². The van der Waals surface area contributed by atoms with Crippen LogP contribution in [0.4, 0.5) is 0 Å². The van der Waals surface area contributed by atoms with Crippen LogP contribution in [0.15, 0.2) is 12.3 Å². The summed E-state index contributed by atoms with van der Waals surface area (Å²) >= 11 is 4.89. The van der Waals surface area contributed by atoms with Gasteiger partial charge in [0.05, 0.1) is 0 Å². The van der Waals surface area contributed by atoms with Crippen LogP contribution in [0.2, 0.25) is 0 Å². The summed E-state index contributed by atoms with van der Waals surface area (Å²) in [5, 5.41) is 9.26. The molecule has 10 heavy (non-hydrogen) atoms. The van der Waals surface area contributed by atoms with Crippen molar-refractivity contribution in [1.82, 2.24) is 4.57 Å². The largest absolute Gasteiger partial charge is 0.505 e. The van der Waals surface area contributed by atoms with Crippen LogP contribution >= 0.6 is 12.2 Å². The van der Waals surface area contributed by atoms with Crippen molar-refractivity contribution >= 4 is 12.2 Å². The minimum atomic E-state index is 0.208. The SMILES string of the molecule is Cc1ccn(C)c(=S)c1O. The van der Waals surface area contributed by atoms with E-state index in [0.29, 0.717) is 4.64 Å². The Bertz CT molecular complexity index is 303. The van der Waals surface area contributed by atoms with Crippen molar-refractivity contribution in [2.24, 2.45) is 7.05 Å². The third kappa shape index (κ3) is 1.04. The second-order valence-corrected chi connectivity index (χ2v) is 2.65. The van der Waals surface area contributed by atoms with Crippen LogP contribution in [0.3, 0.4) is 0 Å². The monoisotopic (exact) mass is 155 g/mol. The number of aromatic nitrogens is 1. The molecule has 1 aromatic heterocycles. The Hall–Kier alpha value is -0.830. The molecule has 1 heterocycles. The first-order valence-electron chi connectivity index (χ1n) is 2.98. The number of hydrogen-bond acceptors (Lipinski definition) is 2. The fourth-order valence-electron chi connectivity index (χ4n) is 0.706. The van der Waals surface area contributed by atoms with E-state index in [1.165, 1.54) is 0 Å². The van der Waals surface area contributed by atoms with Gasteiger partial charge in [-0.2, -0.15) is 0 Å². The number of rotatable bonds is 0. The van der Waals surface area contributed by atoms with Crippen LogP contribution < -0.4 is 0 Å². The van der Waals surface area contributed by atoms with E-state index in [-0.39, 0.29) is 5.75 Å². The van der Waals surface area contributed by atoms with Gasteiger partial charge < -0.3 is 9.67 Å². The smallest absolute Gasteiger partial charge is 0.153 e. The van der Waals surface area contributed by atoms with Gasteiger partial charge in [0.1, 0.15) is 4.64 Å². The molecule has 0 unspecified atom stereocenters. The molecule has 1 aromatic rings. The van der Waals surface area contributed by atoms with Crippen LogP contribution in [0.1, 0.15) is 5.56 Å². The molecular formula is C7H9NOS. The number of hydrogen-bond donors (Lipinski definition) is 1. The van der Waals surface area contributed by atoms with Crippen molar-refractivity contribution < 1.29 is 5.11 Å². The standard InChI is InChI=1S/C7H9NOS/c1-5-3-4-8(2)7(10)6(5)9/h3-4,9H,1-2H3. The Kier molecular flexibility index (Phi) is 1.76. The van der Waals surface area contributed by atoms with Crippen molar-refractivity contribution in [3.05, 3.63) is 22.5 Å². The van der Waals surface area contributed by atoms with E-state index in [0.717, 1.165) is 5.56 Å². The maximum atomic E-state index is 9.26. The molecule has 2 nitrogen and oxygen atoms in total. The molecule has 0 radical (unpaired) electrons. The van der Waals surface area contributed by atoms with Crippen LogP contribution in [0.5, 0.6) is 5.75 Å². The maximum absolute atomic E-state index is 9.26. The Labute approximate surface area is 64.7 Å². The Balaban J connectivity index is 3.50.